The number of aromatic nitrogens is 1. The third kappa shape index (κ3) is 1.27. The molecule has 0 aliphatic heterocycles. The molecule has 0 saturated carbocycles. The van der Waals surface area contributed by atoms with Gasteiger partial charge < -0.3 is 0 Å². The summed E-state index contributed by atoms with van der Waals surface area (Å²) < 4.78 is 1.91. The Morgan fingerprint density at radius 1 is 1.31 bits per heavy atom. The fourth-order valence-corrected chi connectivity index (χ4v) is 1.51. The highest BCUT2D eigenvalue weighted by molar-refractivity contribution is 5.81. The number of nitrogens with one attached hydrogen (secondary N) is 1. The van der Waals surface area contributed by atoms with Gasteiger partial charge in [-0.05, 0) is 19.1 Å². The van der Waals surface area contributed by atoms with Crippen molar-refractivity contribution in [3.05, 3.63) is 36.0 Å². The largest absolute Gasteiger partial charge is 0.264 e. The molecule has 0 saturated heterocycles. The number of hydrogen-bond donors (Lipinski definition) is 1. The van der Waals surface area contributed by atoms with Crippen molar-refractivity contribution in [2.45, 2.75) is 6.92 Å². The summed E-state index contributed by atoms with van der Waals surface area (Å²) in [5.41, 5.74) is 5.07. The van der Waals surface area contributed by atoms with Gasteiger partial charge in [-0.1, -0.05) is 18.2 Å². The summed E-state index contributed by atoms with van der Waals surface area (Å²) in [7, 11) is 1.61. The van der Waals surface area contributed by atoms with Gasteiger partial charge in [-0.2, -0.15) is 0 Å². The van der Waals surface area contributed by atoms with Crippen LogP contribution in [0.25, 0.3) is 10.9 Å². The second kappa shape index (κ2) is 3.11. The minimum atomic E-state index is 1.13. The second-order valence-electron chi connectivity index (χ2n) is 2.98. The molecule has 0 amide bonds. The molecular formula is C10H12N2O. The molecule has 0 spiro atoms. The van der Waals surface area contributed by atoms with Gasteiger partial charge in [0, 0.05) is 11.1 Å². The quantitative estimate of drug-likeness (QED) is 0.709. The van der Waals surface area contributed by atoms with E-state index in [-0.39, 0.29) is 0 Å². The van der Waals surface area contributed by atoms with Crippen LogP contribution in [-0.2, 0) is 4.84 Å². The van der Waals surface area contributed by atoms with E-state index in [4.69, 9.17) is 4.84 Å². The topological polar surface area (TPSA) is 26.2 Å². The fraction of sp³-hybridized carbons (Fsp3) is 0.200. The summed E-state index contributed by atoms with van der Waals surface area (Å²) in [6.45, 7) is 2.03. The van der Waals surface area contributed by atoms with Gasteiger partial charge in [-0.3, -0.25) is 4.84 Å². The number of rotatable bonds is 2. The standard InChI is InChI=1S/C10H12N2O/c1-8-7-9-5-3-4-6-10(9)12(8)11-13-2/h3-7,11H,1-2H3. The van der Waals surface area contributed by atoms with Crippen LogP contribution in [0.2, 0.25) is 0 Å². The van der Waals surface area contributed by atoms with Crippen LogP contribution in [0, 0.1) is 6.92 Å². The lowest BCUT2D eigenvalue weighted by Gasteiger charge is -2.07. The van der Waals surface area contributed by atoms with Crippen molar-refractivity contribution in [2.75, 3.05) is 12.7 Å². The summed E-state index contributed by atoms with van der Waals surface area (Å²) in [5.74, 6) is 0. The van der Waals surface area contributed by atoms with Crippen LogP contribution < -0.4 is 5.59 Å². The Hall–Kier alpha value is -1.48. The first-order chi connectivity index (χ1) is 6.33. The Morgan fingerprint density at radius 2 is 2.08 bits per heavy atom. The van der Waals surface area contributed by atoms with Gasteiger partial charge in [0.05, 0.1) is 12.6 Å². The van der Waals surface area contributed by atoms with E-state index in [1.165, 1.54) is 5.39 Å². The first kappa shape index (κ1) is 8.13. The van der Waals surface area contributed by atoms with E-state index >= 15 is 0 Å². The number of hydrogen-bond acceptors (Lipinski definition) is 2. The highest BCUT2D eigenvalue weighted by atomic mass is 16.7. The average molecular weight is 176 g/mol. The second-order valence-corrected chi connectivity index (χ2v) is 2.98. The Balaban J connectivity index is 2.64. The highest BCUT2D eigenvalue weighted by Gasteiger charge is 2.02. The first-order valence-corrected chi connectivity index (χ1v) is 4.19. The van der Waals surface area contributed by atoms with Crippen LogP contribution in [-0.4, -0.2) is 11.8 Å². The Bertz CT molecular complexity index is 420. The predicted molar refractivity (Wildman–Crippen MR) is 53.0 cm³/mol. The Morgan fingerprint density at radius 3 is 2.85 bits per heavy atom. The normalized spacial score (nSPS) is 10.6. The van der Waals surface area contributed by atoms with Crippen molar-refractivity contribution >= 4 is 10.9 Å². The number of benzene rings is 1. The molecule has 1 heterocycles. The summed E-state index contributed by atoms with van der Waals surface area (Å²) in [4.78, 5) is 4.89. The Kier molecular flexibility index (Phi) is 1.94. The van der Waals surface area contributed by atoms with Crippen molar-refractivity contribution < 1.29 is 4.84 Å². The van der Waals surface area contributed by atoms with Crippen molar-refractivity contribution in [3.8, 4) is 0 Å². The molecule has 0 aliphatic carbocycles. The lowest BCUT2D eigenvalue weighted by atomic mass is 10.2. The van der Waals surface area contributed by atoms with Gasteiger partial charge in [0.2, 0.25) is 0 Å². The van der Waals surface area contributed by atoms with E-state index < -0.39 is 0 Å². The van der Waals surface area contributed by atoms with Crippen LogP contribution in [0.5, 0.6) is 0 Å². The van der Waals surface area contributed by atoms with Gasteiger partial charge in [0.1, 0.15) is 0 Å². The molecule has 0 radical (unpaired) electrons. The van der Waals surface area contributed by atoms with E-state index in [0.717, 1.165) is 11.2 Å². The summed E-state index contributed by atoms with van der Waals surface area (Å²) in [6.07, 6.45) is 0. The molecule has 1 aromatic carbocycles. The Labute approximate surface area is 76.8 Å². The van der Waals surface area contributed by atoms with Gasteiger partial charge in [0.15, 0.2) is 0 Å². The monoisotopic (exact) mass is 176 g/mol. The van der Waals surface area contributed by atoms with Crippen LogP contribution in [0.1, 0.15) is 5.69 Å². The third-order valence-electron chi connectivity index (χ3n) is 2.08. The lowest BCUT2D eigenvalue weighted by Crippen LogP contribution is -2.13. The molecule has 13 heavy (non-hydrogen) atoms. The van der Waals surface area contributed by atoms with E-state index in [0.29, 0.717) is 0 Å². The van der Waals surface area contributed by atoms with Crippen LogP contribution >= 0.6 is 0 Å². The van der Waals surface area contributed by atoms with Crippen molar-refractivity contribution in [3.63, 3.8) is 0 Å². The van der Waals surface area contributed by atoms with Crippen molar-refractivity contribution in [1.29, 1.82) is 0 Å². The minimum Gasteiger partial charge on any atom is -0.264 e. The van der Waals surface area contributed by atoms with E-state index in [2.05, 4.69) is 17.7 Å². The highest BCUT2D eigenvalue weighted by Crippen LogP contribution is 2.17. The molecule has 3 nitrogen and oxygen atoms in total. The molecule has 3 heteroatoms. The number of aryl methyl sites for hydroxylation is 1. The molecule has 2 rings (SSSR count). The molecule has 2 aromatic rings. The van der Waals surface area contributed by atoms with Crippen molar-refractivity contribution in [1.82, 2.24) is 4.68 Å². The summed E-state index contributed by atoms with van der Waals surface area (Å²) in [5, 5.41) is 1.21. The first-order valence-electron chi connectivity index (χ1n) is 4.19. The molecule has 0 bridgehead atoms. The number of para-hydroxylation sites is 1. The predicted octanol–water partition coefficient (Wildman–Crippen LogP) is 2.05. The molecule has 0 aliphatic rings. The fourth-order valence-electron chi connectivity index (χ4n) is 1.51. The van der Waals surface area contributed by atoms with Gasteiger partial charge >= 0.3 is 0 Å². The van der Waals surface area contributed by atoms with Crippen LogP contribution in [0.15, 0.2) is 30.3 Å². The van der Waals surface area contributed by atoms with Crippen LogP contribution in [0.4, 0.5) is 0 Å². The molecular weight excluding hydrogens is 164 g/mol. The van der Waals surface area contributed by atoms with Crippen LogP contribution in [0.3, 0.4) is 0 Å². The average Bonchev–Trinajstić information content (AvgIpc) is 2.44. The maximum absolute atomic E-state index is 4.89. The maximum atomic E-state index is 4.89. The zero-order chi connectivity index (χ0) is 9.26. The third-order valence-corrected chi connectivity index (χ3v) is 2.08. The van der Waals surface area contributed by atoms with E-state index in [1.807, 2.05) is 29.8 Å². The van der Waals surface area contributed by atoms with Gasteiger partial charge in [-0.15, -0.1) is 0 Å². The smallest absolute Gasteiger partial charge is 0.0719 e. The lowest BCUT2D eigenvalue weighted by molar-refractivity contribution is 0.222. The molecule has 1 aromatic heterocycles. The number of fused-ring (bicyclic) bond motifs is 1. The minimum absolute atomic E-state index is 1.13. The summed E-state index contributed by atoms with van der Waals surface area (Å²) in [6, 6.07) is 10.3. The SMILES string of the molecule is CONn1c(C)cc2ccccc21. The van der Waals surface area contributed by atoms with E-state index in [9.17, 15) is 0 Å². The van der Waals surface area contributed by atoms with Gasteiger partial charge in [0.25, 0.3) is 0 Å². The van der Waals surface area contributed by atoms with E-state index in [1.54, 1.807) is 7.11 Å². The zero-order valence-electron chi connectivity index (χ0n) is 7.74. The van der Waals surface area contributed by atoms with Crippen molar-refractivity contribution in [2.24, 2.45) is 0 Å². The number of nitrogens with zero attached hydrogens (tertiary/aromatic N) is 1. The maximum Gasteiger partial charge on any atom is 0.0719 e. The van der Waals surface area contributed by atoms with Gasteiger partial charge in [-0.25, -0.2) is 10.3 Å². The summed E-state index contributed by atoms with van der Waals surface area (Å²) >= 11 is 0. The molecule has 0 atom stereocenters. The molecule has 0 unspecified atom stereocenters. The molecule has 68 valence electrons. The molecule has 1 N–H and O–H groups in total. The zero-order valence-corrected chi connectivity index (χ0v) is 7.74. The molecule has 0 fully saturated rings.